The summed E-state index contributed by atoms with van der Waals surface area (Å²) in [5.41, 5.74) is 3.93. The van der Waals surface area contributed by atoms with E-state index in [9.17, 15) is 13.2 Å². The van der Waals surface area contributed by atoms with Crippen LogP contribution in [0.2, 0.25) is 0 Å². The minimum absolute atomic E-state index is 0.171. The SMILES string of the molecule is CCCS(=O)(=O)N1CCc2ccc(NC(=O)NCCc3ccccc3)cc2C1. The van der Waals surface area contributed by atoms with Gasteiger partial charge in [-0.2, -0.15) is 4.31 Å². The molecule has 0 aliphatic carbocycles. The third-order valence-electron chi connectivity index (χ3n) is 4.84. The van der Waals surface area contributed by atoms with Crippen molar-refractivity contribution < 1.29 is 13.2 Å². The van der Waals surface area contributed by atoms with Gasteiger partial charge in [0.1, 0.15) is 0 Å². The van der Waals surface area contributed by atoms with Crippen molar-refractivity contribution in [2.24, 2.45) is 0 Å². The Morgan fingerprint density at radius 3 is 2.64 bits per heavy atom. The highest BCUT2D eigenvalue weighted by Gasteiger charge is 2.26. The van der Waals surface area contributed by atoms with E-state index in [-0.39, 0.29) is 11.8 Å². The average Bonchev–Trinajstić information content (AvgIpc) is 2.68. The molecule has 3 rings (SSSR count). The maximum absolute atomic E-state index is 12.3. The Labute approximate surface area is 167 Å². The fourth-order valence-electron chi connectivity index (χ4n) is 3.37. The molecule has 0 saturated carbocycles. The minimum atomic E-state index is -3.22. The van der Waals surface area contributed by atoms with Gasteiger partial charge in [0.15, 0.2) is 0 Å². The number of anilines is 1. The molecule has 2 aromatic carbocycles. The van der Waals surface area contributed by atoms with Crippen LogP contribution in [-0.2, 0) is 29.4 Å². The lowest BCUT2D eigenvalue weighted by atomic mass is 10.0. The maximum Gasteiger partial charge on any atom is 0.319 e. The first kappa shape index (κ1) is 20.4. The van der Waals surface area contributed by atoms with Crippen LogP contribution in [0.4, 0.5) is 10.5 Å². The molecule has 0 fully saturated rings. The van der Waals surface area contributed by atoms with Gasteiger partial charge in [-0.1, -0.05) is 43.3 Å². The van der Waals surface area contributed by atoms with Gasteiger partial charge in [0.05, 0.1) is 5.75 Å². The van der Waals surface area contributed by atoms with Gasteiger partial charge in [0.2, 0.25) is 10.0 Å². The standard InChI is InChI=1S/C21H27N3O3S/c1-2-14-28(26,27)24-13-11-18-8-9-20(15-19(18)16-24)23-21(25)22-12-10-17-6-4-3-5-7-17/h3-9,15H,2,10-14,16H2,1H3,(H2,22,23,25). The normalized spacial score (nSPS) is 14.3. The van der Waals surface area contributed by atoms with Gasteiger partial charge in [-0.05, 0) is 48.1 Å². The Hall–Kier alpha value is -2.38. The van der Waals surface area contributed by atoms with Gasteiger partial charge in [0.25, 0.3) is 0 Å². The summed E-state index contributed by atoms with van der Waals surface area (Å²) < 4.78 is 26.2. The molecule has 0 bridgehead atoms. The molecule has 1 aliphatic heterocycles. The van der Waals surface area contributed by atoms with Crippen LogP contribution in [0.1, 0.15) is 30.0 Å². The molecule has 150 valence electrons. The Bertz CT molecular complexity index is 914. The van der Waals surface area contributed by atoms with Crippen molar-refractivity contribution in [3.05, 3.63) is 65.2 Å². The molecule has 2 aromatic rings. The van der Waals surface area contributed by atoms with Crippen LogP contribution in [0.25, 0.3) is 0 Å². The fourth-order valence-corrected chi connectivity index (χ4v) is 4.85. The van der Waals surface area contributed by atoms with E-state index in [1.54, 1.807) is 4.31 Å². The predicted octanol–water partition coefficient (Wildman–Crippen LogP) is 3.15. The van der Waals surface area contributed by atoms with Crippen LogP contribution in [-0.4, -0.2) is 37.6 Å². The quantitative estimate of drug-likeness (QED) is 0.748. The fraction of sp³-hybridized carbons (Fsp3) is 0.381. The lowest BCUT2D eigenvalue weighted by Gasteiger charge is -2.28. The van der Waals surface area contributed by atoms with E-state index in [1.165, 1.54) is 5.56 Å². The number of amides is 2. The summed E-state index contributed by atoms with van der Waals surface area (Å²) in [6.07, 6.45) is 2.07. The highest BCUT2D eigenvalue weighted by Crippen LogP contribution is 2.24. The van der Waals surface area contributed by atoms with Crippen molar-refractivity contribution in [2.45, 2.75) is 32.7 Å². The number of hydrogen-bond donors (Lipinski definition) is 2. The van der Waals surface area contributed by atoms with Crippen LogP contribution in [0, 0.1) is 0 Å². The van der Waals surface area contributed by atoms with Crippen molar-refractivity contribution >= 4 is 21.7 Å². The van der Waals surface area contributed by atoms with Crippen molar-refractivity contribution in [1.82, 2.24) is 9.62 Å². The molecule has 1 heterocycles. The number of nitrogens with one attached hydrogen (secondary N) is 2. The summed E-state index contributed by atoms with van der Waals surface area (Å²) in [5, 5.41) is 5.69. The van der Waals surface area contributed by atoms with Crippen molar-refractivity contribution in [2.75, 3.05) is 24.2 Å². The highest BCUT2D eigenvalue weighted by molar-refractivity contribution is 7.89. The molecule has 0 saturated heterocycles. The number of fused-ring (bicyclic) bond motifs is 1. The molecule has 28 heavy (non-hydrogen) atoms. The number of hydrogen-bond acceptors (Lipinski definition) is 3. The highest BCUT2D eigenvalue weighted by atomic mass is 32.2. The Balaban J connectivity index is 1.57. The third-order valence-corrected chi connectivity index (χ3v) is 6.86. The number of sulfonamides is 1. The number of rotatable bonds is 7. The van der Waals surface area contributed by atoms with Gasteiger partial charge in [-0.25, -0.2) is 13.2 Å². The number of benzene rings is 2. The van der Waals surface area contributed by atoms with E-state index < -0.39 is 10.0 Å². The van der Waals surface area contributed by atoms with Gasteiger partial charge in [-0.15, -0.1) is 0 Å². The topological polar surface area (TPSA) is 78.5 Å². The molecule has 0 spiro atoms. The van der Waals surface area contributed by atoms with Gasteiger partial charge >= 0.3 is 6.03 Å². The summed E-state index contributed by atoms with van der Waals surface area (Å²) in [7, 11) is -3.22. The van der Waals surface area contributed by atoms with E-state index in [2.05, 4.69) is 10.6 Å². The average molecular weight is 402 g/mol. The largest absolute Gasteiger partial charge is 0.338 e. The van der Waals surface area contributed by atoms with Crippen LogP contribution in [0.15, 0.2) is 48.5 Å². The molecule has 1 aliphatic rings. The second-order valence-corrected chi connectivity index (χ2v) is 9.09. The molecular weight excluding hydrogens is 374 g/mol. The smallest absolute Gasteiger partial charge is 0.319 e. The zero-order valence-corrected chi connectivity index (χ0v) is 17.0. The van der Waals surface area contributed by atoms with E-state index in [0.29, 0.717) is 38.2 Å². The van der Waals surface area contributed by atoms with E-state index >= 15 is 0 Å². The lowest BCUT2D eigenvalue weighted by Crippen LogP contribution is -2.37. The summed E-state index contributed by atoms with van der Waals surface area (Å²) in [4.78, 5) is 12.2. The van der Waals surface area contributed by atoms with Crippen LogP contribution in [0.5, 0.6) is 0 Å². The first-order valence-corrected chi connectivity index (χ1v) is 11.3. The summed E-state index contributed by atoms with van der Waals surface area (Å²) in [6, 6.07) is 15.4. The van der Waals surface area contributed by atoms with Crippen LogP contribution >= 0.6 is 0 Å². The molecular formula is C21H27N3O3S. The van der Waals surface area contributed by atoms with Crippen molar-refractivity contribution in [3.8, 4) is 0 Å². The number of nitrogens with zero attached hydrogens (tertiary/aromatic N) is 1. The maximum atomic E-state index is 12.3. The molecule has 0 unspecified atom stereocenters. The second-order valence-electron chi connectivity index (χ2n) is 7.00. The Morgan fingerprint density at radius 1 is 1.11 bits per heavy atom. The third kappa shape index (κ3) is 5.33. The molecule has 0 aromatic heterocycles. The number of carbonyl (C=O) groups is 1. The zero-order valence-electron chi connectivity index (χ0n) is 16.1. The summed E-state index contributed by atoms with van der Waals surface area (Å²) in [6.45, 7) is 3.29. The van der Waals surface area contributed by atoms with E-state index in [0.717, 1.165) is 17.5 Å². The van der Waals surface area contributed by atoms with E-state index in [4.69, 9.17) is 0 Å². The van der Waals surface area contributed by atoms with Gasteiger partial charge in [-0.3, -0.25) is 0 Å². The second kappa shape index (κ2) is 9.21. The molecule has 0 radical (unpaired) electrons. The molecule has 7 heteroatoms. The van der Waals surface area contributed by atoms with Crippen molar-refractivity contribution in [3.63, 3.8) is 0 Å². The van der Waals surface area contributed by atoms with Crippen LogP contribution in [0.3, 0.4) is 0 Å². The molecule has 2 amide bonds. The summed E-state index contributed by atoms with van der Waals surface area (Å²) >= 11 is 0. The molecule has 6 nitrogen and oxygen atoms in total. The Morgan fingerprint density at radius 2 is 1.89 bits per heavy atom. The number of carbonyl (C=O) groups excluding carboxylic acids is 1. The first-order chi connectivity index (χ1) is 13.5. The summed E-state index contributed by atoms with van der Waals surface area (Å²) in [5.74, 6) is 0.171. The van der Waals surface area contributed by atoms with E-state index in [1.807, 2.05) is 55.5 Å². The lowest BCUT2D eigenvalue weighted by molar-refractivity contribution is 0.252. The molecule has 2 N–H and O–H groups in total. The minimum Gasteiger partial charge on any atom is -0.338 e. The van der Waals surface area contributed by atoms with Gasteiger partial charge < -0.3 is 10.6 Å². The first-order valence-electron chi connectivity index (χ1n) is 9.66. The predicted molar refractivity (Wildman–Crippen MR) is 112 cm³/mol. The van der Waals surface area contributed by atoms with Crippen LogP contribution < -0.4 is 10.6 Å². The monoisotopic (exact) mass is 401 g/mol. The number of urea groups is 1. The van der Waals surface area contributed by atoms with Gasteiger partial charge in [0, 0.05) is 25.3 Å². The zero-order chi connectivity index (χ0) is 20.0. The molecule has 0 atom stereocenters. The Kier molecular flexibility index (Phi) is 6.70. The van der Waals surface area contributed by atoms with Crippen molar-refractivity contribution in [1.29, 1.82) is 0 Å².